The Kier molecular flexibility index (Phi) is 4.22. The van der Waals surface area contributed by atoms with E-state index in [0.29, 0.717) is 0 Å². The van der Waals surface area contributed by atoms with E-state index < -0.39 is 29.7 Å². The Bertz CT molecular complexity index is 383. The summed E-state index contributed by atoms with van der Waals surface area (Å²) in [5.74, 6) is -0.247. The van der Waals surface area contributed by atoms with Crippen LogP contribution >= 0.6 is 0 Å². The van der Waals surface area contributed by atoms with Crippen LogP contribution in [-0.4, -0.2) is 40.9 Å². The molecule has 2 aliphatic carbocycles. The lowest BCUT2D eigenvalue weighted by atomic mass is 10.1. The largest absolute Gasteiger partial charge is 0.444 e. The first kappa shape index (κ1) is 15.1. The third-order valence-electron chi connectivity index (χ3n) is 3.35. The molecule has 2 rings (SSSR count). The second-order valence-corrected chi connectivity index (χ2v) is 6.74. The molecular formula is C14H24N2O4. The van der Waals surface area contributed by atoms with Crippen LogP contribution in [0, 0.1) is 5.92 Å². The molecule has 2 atom stereocenters. The van der Waals surface area contributed by atoms with Gasteiger partial charge >= 0.3 is 6.09 Å². The van der Waals surface area contributed by atoms with Crippen LogP contribution in [0.5, 0.6) is 0 Å². The normalized spacial score (nSPS) is 21.8. The Morgan fingerprint density at radius 1 is 1.20 bits per heavy atom. The molecule has 0 radical (unpaired) electrons. The smallest absolute Gasteiger partial charge is 0.407 e. The number of nitrogens with one attached hydrogen (secondary N) is 2. The van der Waals surface area contributed by atoms with Crippen LogP contribution in [0.15, 0.2) is 0 Å². The monoisotopic (exact) mass is 284 g/mol. The Morgan fingerprint density at radius 2 is 1.80 bits per heavy atom. The van der Waals surface area contributed by atoms with E-state index in [1.807, 2.05) is 0 Å². The van der Waals surface area contributed by atoms with Gasteiger partial charge in [0, 0.05) is 6.04 Å². The molecule has 0 saturated heterocycles. The van der Waals surface area contributed by atoms with E-state index in [2.05, 4.69) is 10.6 Å². The van der Waals surface area contributed by atoms with Crippen molar-refractivity contribution in [3.63, 3.8) is 0 Å². The number of aliphatic hydroxyl groups is 1. The first-order valence-electron chi connectivity index (χ1n) is 7.24. The van der Waals surface area contributed by atoms with Crippen LogP contribution in [0.3, 0.4) is 0 Å². The molecule has 0 aromatic heterocycles. The number of hydrogen-bond acceptors (Lipinski definition) is 4. The van der Waals surface area contributed by atoms with E-state index in [1.165, 1.54) is 0 Å². The van der Waals surface area contributed by atoms with E-state index in [0.717, 1.165) is 25.7 Å². The first-order chi connectivity index (χ1) is 9.26. The quantitative estimate of drug-likeness (QED) is 0.701. The summed E-state index contributed by atoms with van der Waals surface area (Å²) in [6.07, 6.45) is 1.95. The predicted octanol–water partition coefficient (Wildman–Crippen LogP) is 0.929. The van der Waals surface area contributed by atoms with Crippen molar-refractivity contribution in [2.75, 3.05) is 0 Å². The fraction of sp³-hybridized carbons (Fsp3) is 0.857. The highest BCUT2D eigenvalue weighted by Crippen LogP contribution is 2.34. The van der Waals surface area contributed by atoms with Gasteiger partial charge in [-0.15, -0.1) is 0 Å². The van der Waals surface area contributed by atoms with Crippen LogP contribution in [0.25, 0.3) is 0 Å². The molecular weight excluding hydrogens is 260 g/mol. The minimum Gasteiger partial charge on any atom is -0.444 e. The lowest BCUT2D eigenvalue weighted by Crippen LogP contribution is -2.53. The zero-order chi connectivity index (χ0) is 14.9. The van der Waals surface area contributed by atoms with Gasteiger partial charge in [0.1, 0.15) is 5.60 Å². The Hall–Kier alpha value is -1.30. The maximum atomic E-state index is 11.9. The molecule has 0 aromatic rings. The molecule has 0 heterocycles. The van der Waals surface area contributed by atoms with Gasteiger partial charge in [-0.25, -0.2) is 4.79 Å². The van der Waals surface area contributed by atoms with Crippen molar-refractivity contribution in [2.24, 2.45) is 5.92 Å². The summed E-state index contributed by atoms with van der Waals surface area (Å²) < 4.78 is 5.18. The van der Waals surface area contributed by atoms with Gasteiger partial charge in [0.2, 0.25) is 0 Å². The molecule has 0 spiro atoms. The maximum Gasteiger partial charge on any atom is 0.407 e. The molecule has 2 unspecified atom stereocenters. The maximum absolute atomic E-state index is 11.9. The third-order valence-corrected chi connectivity index (χ3v) is 3.35. The number of ether oxygens (including phenoxy) is 1. The van der Waals surface area contributed by atoms with Gasteiger partial charge < -0.3 is 20.5 Å². The van der Waals surface area contributed by atoms with Crippen LogP contribution in [0.2, 0.25) is 0 Å². The molecule has 2 fully saturated rings. The molecule has 0 aliphatic heterocycles. The van der Waals surface area contributed by atoms with Crippen molar-refractivity contribution in [1.29, 1.82) is 0 Å². The molecule has 3 N–H and O–H groups in total. The summed E-state index contributed by atoms with van der Waals surface area (Å²) in [4.78, 5) is 23.7. The number of rotatable bonds is 5. The van der Waals surface area contributed by atoms with Gasteiger partial charge in [-0.2, -0.15) is 0 Å². The molecule has 2 aliphatic rings. The second-order valence-electron chi connectivity index (χ2n) is 6.74. The molecule has 0 aromatic carbocycles. The third kappa shape index (κ3) is 4.67. The highest BCUT2D eigenvalue weighted by atomic mass is 16.6. The van der Waals surface area contributed by atoms with Crippen LogP contribution < -0.4 is 10.6 Å². The summed E-state index contributed by atoms with van der Waals surface area (Å²) in [7, 11) is 0. The minimum absolute atomic E-state index is 0.155. The van der Waals surface area contributed by atoms with E-state index in [4.69, 9.17) is 4.74 Å². The summed E-state index contributed by atoms with van der Waals surface area (Å²) in [5, 5.41) is 15.5. The summed E-state index contributed by atoms with van der Waals surface area (Å²) in [6.45, 7) is 5.32. The molecule has 6 heteroatoms. The highest BCUT2D eigenvalue weighted by molar-refractivity contribution is 5.83. The van der Waals surface area contributed by atoms with Crippen LogP contribution in [-0.2, 0) is 9.53 Å². The van der Waals surface area contributed by atoms with Crippen molar-refractivity contribution in [1.82, 2.24) is 10.6 Å². The second kappa shape index (κ2) is 5.60. The molecule has 2 amide bonds. The predicted molar refractivity (Wildman–Crippen MR) is 73.1 cm³/mol. The molecule has 0 bridgehead atoms. The van der Waals surface area contributed by atoms with Crippen molar-refractivity contribution in [3.05, 3.63) is 0 Å². The van der Waals surface area contributed by atoms with Crippen molar-refractivity contribution >= 4 is 12.0 Å². The van der Waals surface area contributed by atoms with Gasteiger partial charge in [0.25, 0.3) is 5.91 Å². The van der Waals surface area contributed by atoms with E-state index in [9.17, 15) is 14.7 Å². The fourth-order valence-electron chi connectivity index (χ4n) is 2.03. The van der Waals surface area contributed by atoms with E-state index in [1.54, 1.807) is 20.8 Å². The van der Waals surface area contributed by atoms with Crippen molar-refractivity contribution in [2.45, 2.75) is 70.2 Å². The SMILES string of the molecule is CC(C)(C)OC(=O)NC(C1CC1)C(O)C(=O)NC1CC1. The van der Waals surface area contributed by atoms with Crippen LogP contribution in [0.4, 0.5) is 4.79 Å². The number of carbonyl (C=O) groups excluding carboxylic acids is 2. The molecule has 6 nitrogen and oxygen atoms in total. The fourth-order valence-corrected chi connectivity index (χ4v) is 2.03. The summed E-state index contributed by atoms with van der Waals surface area (Å²) in [5.41, 5.74) is -0.598. The first-order valence-corrected chi connectivity index (χ1v) is 7.24. The van der Waals surface area contributed by atoms with Gasteiger partial charge in [0.15, 0.2) is 6.10 Å². The van der Waals surface area contributed by atoms with Gasteiger partial charge in [-0.3, -0.25) is 4.79 Å². The molecule has 20 heavy (non-hydrogen) atoms. The van der Waals surface area contributed by atoms with Gasteiger partial charge in [-0.05, 0) is 52.4 Å². The van der Waals surface area contributed by atoms with E-state index >= 15 is 0 Å². The van der Waals surface area contributed by atoms with Gasteiger partial charge in [0.05, 0.1) is 6.04 Å². The number of aliphatic hydroxyl groups excluding tert-OH is 1. The van der Waals surface area contributed by atoms with Gasteiger partial charge in [-0.1, -0.05) is 0 Å². The number of alkyl carbamates (subject to hydrolysis) is 1. The zero-order valence-electron chi connectivity index (χ0n) is 12.3. The summed E-state index contributed by atoms with van der Waals surface area (Å²) in [6, 6.07) is -0.373. The standard InChI is InChI=1S/C14H24N2O4/c1-14(2,3)20-13(19)16-10(8-4-5-8)11(17)12(18)15-9-6-7-9/h8-11,17H,4-7H2,1-3H3,(H,15,18)(H,16,19). The molecule has 114 valence electrons. The average molecular weight is 284 g/mol. The van der Waals surface area contributed by atoms with Crippen LogP contribution in [0.1, 0.15) is 46.5 Å². The Morgan fingerprint density at radius 3 is 2.25 bits per heavy atom. The lowest BCUT2D eigenvalue weighted by molar-refractivity contribution is -0.131. The minimum atomic E-state index is -1.21. The zero-order valence-corrected chi connectivity index (χ0v) is 12.3. The molecule has 2 saturated carbocycles. The van der Waals surface area contributed by atoms with Crippen molar-refractivity contribution < 1.29 is 19.4 Å². The topological polar surface area (TPSA) is 87.7 Å². The highest BCUT2D eigenvalue weighted by Gasteiger charge is 2.41. The lowest BCUT2D eigenvalue weighted by Gasteiger charge is -2.26. The Labute approximate surface area is 119 Å². The average Bonchev–Trinajstić information content (AvgIpc) is 3.14. The number of hydrogen-bond donors (Lipinski definition) is 3. The number of carbonyl (C=O) groups is 2. The van der Waals surface area contributed by atoms with Crippen molar-refractivity contribution in [3.8, 4) is 0 Å². The van der Waals surface area contributed by atoms with E-state index in [-0.39, 0.29) is 12.0 Å². The summed E-state index contributed by atoms with van der Waals surface area (Å²) >= 11 is 0. The Balaban J connectivity index is 1.88. The number of amides is 2.